The number of benzene rings is 3. The molecule has 3 rings (SSSR count). The van der Waals surface area contributed by atoms with Gasteiger partial charge in [-0.3, -0.25) is 9.52 Å². The smallest absolute Gasteiger partial charge is 0.262 e. The molecule has 0 atom stereocenters. The van der Waals surface area contributed by atoms with Crippen LogP contribution in [0.2, 0.25) is 0 Å². The van der Waals surface area contributed by atoms with Crippen LogP contribution in [0.25, 0.3) is 0 Å². The summed E-state index contributed by atoms with van der Waals surface area (Å²) in [5.41, 5.74) is 1.95. The number of amides is 1. The highest BCUT2D eigenvalue weighted by Crippen LogP contribution is 2.26. The van der Waals surface area contributed by atoms with Gasteiger partial charge >= 0.3 is 0 Å². The van der Waals surface area contributed by atoms with Crippen molar-refractivity contribution in [2.45, 2.75) is 11.4 Å². The zero-order valence-corrected chi connectivity index (χ0v) is 17.9. The molecule has 0 bridgehead atoms. The normalized spacial score (nSPS) is 10.7. The molecule has 3 aromatic rings. The largest absolute Gasteiger partial charge is 0.495 e. The Morgan fingerprint density at radius 1 is 1.06 bits per heavy atom. The monoisotopic (exact) mass is 435 g/mol. The van der Waals surface area contributed by atoms with E-state index in [4.69, 9.17) is 10.00 Å². The van der Waals surface area contributed by atoms with Crippen molar-refractivity contribution in [3.63, 3.8) is 0 Å². The van der Waals surface area contributed by atoms with Gasteiger partial charge in [0.1, 0.15) is 5.75 Å². The van der Waals surface area contributed by atoms with Gasteiger partial charge in [0, 0.05) is 19.2 Å². The van der Waals surface area contributed by atoms with Gasteiger partial charge in [0.25, 0.3) is 15.9 Å². The van der Waals surface area contributed by atoms with Gasteiger partial charge in [-0.15, -0.1) is 0 Å². The second-order valence-corrected chi connectivity index (χ2v) is 8.49. The Morgan fingerprint density at radius 2 is 1.77 bits per heavy atom. The van der Waals surface area contributed by atoms with Crippen LogP contribution in [0.5, 0.6) is 5.75 Å². The molecule has 0 saturated carbocycles. The number of nitriles is 1. The summed E-state index contributed by atoms with van der Waals surface area (Å²) in [6.45, 7) is 0.320. The summed E-state index contributed by atoms with van der Waals surface area (Å²) in [7, 11) is -0.837. The lowest BCUT2D eigenvalue weighted by Crippen LogP contribution is -2.26. The topological polar surface area (TPSA) is 99.5 Å². The molecule has 0 radical (unpaired) electrons. The van der Waals surface area contributed by atoms with E-state index in [1.54, 1.807) is 61.6 Å². The van der Waals surface area contributed by atoms with Crippen molar-refractivity contribution in [2.24, 2.45) is 0 Å². The van der Waals surface area contributed by atoms with Crippen molar-refractivity contribution in [1.82, 2.24) is 4.90 Å². The van der Waals surface area contributed by atoms with E-state index in [2.05, 4.69) is 4.72 Å². The lowest BCUT2D eigenvalue weighted by atomic mass is 10.1. The van der Waals surface area contributed by atoms with Gasteiger partial charge in [-0.05, 0) is 48.0 Å². The second-order valence-electron chi connectivity index (χ2n) is 6.80. The Balaban J connectivity index is 1.79. The van der Waals surface area contributed by atoms with Gasteiger partial charge in [-0.1, -0.05) is 30.3 Å². The Morgan fingerprint density at radius 3 is 2.45 bits per heavy atom. The highest BCUT2D eigenvalue weighted by atomic mass is 32.2. The molecule has 3 aromatic carbocycles. The molecule has 0 saturated heterocycles. The summed E-state index contributed by atoms with van der Waals surface area (Å²) < 4.78 is 33.4. The number of hydrogen-bond donors (Lipinski definition) is 1. The first-order valence-corrected chi connectivity index (χ1v) is 10.8. The third-order valence-electron chi connectivity index (χ3n) is 4.59. The first-order chi connectivity index (χ1) is 14.8. The number of nitrogens with one attached hydrogen (secondary N) is 1. The molecule has 0 aliphatic heterocycles. The van der Waals surface area contributed by atoms with E-state index in [-0.39, 0.29) is 16.4 Å². The highest BCUT2D eigenvalue weighted by Gasteiger charge is 2.19. The molecule has 0 aliphatic carbocycles. The molecular weight excluding hydrogens is 414 g/mol. The number of sulfonamides is 1. The molecule has 0 aromatic heterocycles. The maximum atomic E-state index is 12.8. The summed E-state index contributed by atoms with van der Waals surface area (Å²) in [6, 6.07) is 21.5. The first-order valence-electron chi connectivity index (χ1n) is 9.34. The van der Waals surface area contributed by atoms with Crippen molar-refractivity contribution in [2.75, 3.05) is 18.9 Å². The fourth-order valence-corrected chi connectivity index (χ4v) is 4.10. The van der Waals surface area contributed by atoms with Crippen molar-refractivity contribution >= 4 is 21.6 Å². The quantitative estimate of drug-likeness (QED) is 0.611. The molecular formula is C23H21N3O4S. The average molecular weight is 436 g/mol. The molecule has 31 heavy (non-hydrogen) atoms. The minimum absolute atomic E-state index is 0.0315. The van der Waals surface area contributed by atoms with Crippen LogP contribution in [0.3, 0.4) is 0 Å². The molecule has 1 amide bonds. The standard InChI is InChI=1S/C23H21N3O4S/c1-26(16-18-12-10-17(15-24)11-13-18)23(27)19-6-5-7-20(14-19)31(28,29)25-21-8-3-4-9-22(21)30-2/h3-14,25H,16H2,1-2H3. The van der Waals surface area contributed by atoms with Crippen molar-refractivity contribution < 1.29 is 17.9 Å². The molecule has 1 N–H and O–H groups in total. The fourth-order valence-electron chi connectivity index (χ4n) is 2.98. The van der Waals surface area contributed by atoms with E-state index in [1.807, 2.05) is 6.07 Å². The summed E-state index contributed by atoms with van der Waals surface area (Å²) in [5, 5.41) is 8.89. The van der Waals surface area contributed by atoms with Crippen LogP contribution in [-0.2, 0) is 16.6 Å². The molecule has 0 fully saturated rings. The molecule has 0 heterocycles. The summed E-state index contributed by atoms with van der Waals surface area (Å²) in [6.07, 6.45) is 0. The van der Waals surface area contributed by atoms with Crippen LogP contribution >= 0.6 is 0 Å². The van der Waals surface area contributed by atoms with E-state index in [0.29, 0.717) is 23.5 Å². The minimum Gasteiger partial charge on any atom is -0.495 e. The summed E-state index contributed by atoms with van der Waals surface area (Å²) in [5.74, 6) is 0.0687. The average Bonchev–Trinajstić information content (AvgIpc) is 2.79. The van der Waals surface area contributed by atoms with Crippen molar-refractivity contribution in [3.05, 3.63) is 89.5 Å². The number of anilines is 1. The molecule has 158 valence electrons. The summed E-state index contributed by atoms with van der Waals surface area (Å²) in [4.78, 5) is 14.3. The Kier molecular flexibility index (Phi) is 6.58. The zero-order chi connectivity index (χ0) is 22.4. The number of carbonyl (C=O) groups is 1. The van der Waals surface area contributed by atoms with Gasteiger partial charge in [-0.25, -0.2) is 8.42 Å². The van der Waals surface area contributed by atoms with Crippen LogP contribution in [0, 0.1) is 11.3 Å². The fraction of sp³-hybridized carbons (Fsp3) is 0.130. The number of methoxy groups -OCH3 is 1. The van der Waals surface area contributed by atoms with Crippen LogP contribution in [0.1, 0.15) is 21.5 Å². The number of nitrogens with zero attached hydrogens (tertiary/aromatic N) is 2. The van der Waals surface area contributed by atoms with Crippen molar-refractivity contribution in [1.29, 1.82) is 5.26 Å². The van der Waals surface area contributed by atoms with E-state index < -0.39 is 10.0 Å². The van der Waals surface area contributed by atoms with Crippen LogP contribution in [0.15, 0.2) is 77.7 Å². The van der Waals surface area contributed by atoms with Crippen molar-refractivity contribution in [3.8, 4) is 11.8 Å². The van der Waals surface area contributed by atoms with Crippen LogP contribution in [0.4, 0.5) is 5.69 Å². The van der Waals surface area contributed by atoms with Gasteiger partial charge < -0.3 is 9.64 Å². The van der Waals surface area contributed by atoms with E-state index >= 15 is 0 Å². The number of rotatable bonds is 7. The zero-order valence-electron chi connectivity index (χ0n) is 17.1. The maximum Gasteiger partial charge on any atom is 0.262 e. The third-order valence-corrected chi connectivity index (χ3v) is 5.96. The SMILES string of the molecule is COc1ccccc1NS(=O)(=O)c1cccc(C(=O)N(C)Cc2ccc(C#N)cc2)c1. The number of para-hydroxylation sites is 2. The summed E-state index contributed by atoms with van der Waals surface area (Å²) >= 11 is 0. The van der Waals surface area contributed by atoms with Crippen LogP contribution in [-0.4, -0.2) is 33.4 Å². The lowest BCUT2D eigenvalue weighted by Gasteiger charge is -2.18. The number of hydrogen-bond acceptors (Lipinski definition) is 5. The number of ether oxygens (including phenoxy) is 1. The molecule has 8 heteroatoms. The highest BCUT2D eigenvalue weighted by molar-refractivity contribution is 7.92. The van der Waals surface area contributed by atoms with Gasteiger partial charge in [-0.2, -0.15) is 5.26 Å². The third kappa shape index (κ3) is 5.21. The molecule has 7 nitrogen and oxygen atoms in total. The number of carbonyl (C=O) groups excluding carboxylic acids is 1. The molecule has 0 spiro atoms. The first kappa shape index (κ1) is 21.9. The Hall–Kier alpha value is -3.83. The molecule has 0 aliphatic rings. The van der Waals surface area contributed by atoms with E-state index in [1.165, 1.54) is 30.2 Å². The maximum absolute atomic E-state index is 12.8. The second kappa shape index (κ2) is 9.32. The van der Waals surface area contributed by atoms with E-state index in [9.17, 15) is 13.2 Å². The van der Waals surface area contributed by atoms with Gasteiger partial charge in [0.2, 0.25) is 0 Å². The Bertz CT molecular complexity index is 1230. The minimum atomic E-state index is -3.93. The Labute approximate surface area is 181 Å². The molecule has 0 unspecified atom stereocenters. The predicted octanol–water partition coefficient (Wildman–Crippen LogP) is 3.64. The van der Waals surface area contributed by atoms with Gasteiger partial charge in [0.15, 0.2) is 0 Å². The predicted molar refractivity (Wildman–Crippen MR) is 117 cm³/mol. The van der Waals surface area contributed by atoms with E-state index in [0.717, 1.165) is 5.56 Å². The lowest BCUT2D eigenvalue weighted by molar-refractivity contribution is 0.0785. The van der Waals surface area contributed by atoms with Crippen LogP contribution < -0.4 is 9.46 Å². The van der Waals surface area contributed by atoms with Gasteiger partial charge in [0.05, 0.1) is 29.3 Å².